The molecule has 3 nitrogen and oxygen atoms in total. The molecule has 0 spiro atoms. The van der Waals surface area contributed by atoms with E-state index in [9.17, 15) is 8.78 Å². The molecular weight excluding hydrogens is 253 g/mol. The second-order valence-corrected chi connectivity index (χ2v) is 3.98. The van der Waals surface area contributed by atoms with E-state index in [2.05, 4.69) is 0 Å². The van der Waals surface area contributed by atoms with Gasteiger partial charge in [-0.2, -0.15) is 0 Å². The average Bonchev–Trinajstić information content (AvgIpc) is 2.36. The molecule has 0 radical (unpaired) electrons. The Bertz CT molecular complexity index is 576. The third-order valence-corrected chi connectivity index (χ3v) is 2.54. The van der Waals surface area contributed by atoms with Gasteiger partial charge in [0, 0.05) is 11.5 Å². The Morgan fingerprint density at radius 2 is 1.84 bits per heavy atom. The molecule has 0 saturated carbocycles. The first kappa shape index (κ1) is 13.5. The lowest BCUT2D eigenvalue weighted by Gasteiger charge is -2.08. The third kappa shape index (κ3) is 3.53. The summed E-state index contributed by atoms with van der Waals surface area (Å²) >= 11 is 0. The third-order valence-electron chi connectivity index (χ3n) is 2.54. The number of hydrogen-bond donors (Lipinski definition) is 2. The second-order valence-electron chi connectivity index (χ2n) is 3.98. The summed E-state index contributed by atoms with van der Waals surface area (Å²) in [6.07, 6.45) is 0. The van der Waals surface area contributed by atoms with Crippen LogP contribution >= 0.6 is 0 Å². The highest BCUT2D eigenvalue weighted by Crippen LogP contribution is 2.14. The van der Waals surface area contributed by atoms with E-state index in [0.29, 0.717) is 5.56 Å². The summed E-state index contributed by atoms with van der Waals surface area (Å²) in [7, 11) is -1.86. The lowest BCUT2D eigenvalue weighted by molar-refractivity contribution is 0.304. The Morgan fingerprint density at radius 1 is 1.05 bits per heavy atom. The van der Waals surface area contributed by atoms with Crippen molar-refractivity contribution < 1.29 is 23.6 Å². The maximum Gasteiger partial charge on any atom is 0.491 e. The zero-order valence-corrected chi connectivity index (χ0v) is 9.88. The highest BCUT2D eigenvalue weighted by atomic mass is 19.1. The maximum absolute atomic E-state index is 13.4. The van der Waals surface area contributed by atoms with Gasteiger partial charge in [-0.3, -0.25) is 0 Å². The van der Waals surface area contributed by atoms with Gasteiger partial charge in [-0.15, -0.1) is 0 Å². The van der Waals surface area contributed by atoms with E-state index < -0.39 is 12.9 Å². The number of ether oxygens (including phenoxy) is 1. The fraction of sp³-hybridized carbons (Fsp3) is 0.0769. The van der Waals surface area contributed by atoms with Crippen molar-refractivity contribution in [1.82, 2.24) is 0 Å². The minimum Gasteiger partial charge on any atom is -0.489 e. The van der Waals surface area contributed by atoms with Gasteiger partial charge in [0.2, 0.25) is 0 Å². The molecule has 2 N–H and O–H groups in total. The molecule has 98 valence electrons. The second kappa shape index (κ2) is 5.82. The van der Waals surface area contributed by atoms with E-state index in [0.717, 1.165) is 6.07 Å². The smallest absolute Gasteiger partial charge is 0.489 e. The Balaban J connectivity index is 2.06. The van der Waals surface area contributed by atoms with E-state index in [1.165, 1.54) is 24.3 Å². The minimum absolute atomic E-state index is 0.0955. The quantitative estimate of drug-likeness (QED) is 0.816. The molecule has 0 aliphatic heterocycles. The van der Waals surface area contributed by atoms with Crippen molar-refractivity contribution in [2.45, 2.75) is 6.61 Å². The summed E-state index contributed by atoms with van der Waals surface area (Å²) < 4.78 is 31.7. The summed E-state index contributed by atoms with van der Waals surface area (Å²) in [6.45, 7) is 0.0955. The fourth-order valence-corrected chi connectivity index (χ4v) is 1.60. The molecule has 0 atom stereocenters. The van der Waals surface area contributed by atoms with E-state index in [1.807, 2.05) is 0 Å². The largest absolute Gasteiger partial charge is 0.491 e. The monoisotopic (exact) mass is 264 g/mol. The first-order valence-corrected chi connectivity index (χ1v) is 5.59. The molecule has 0 saturated heterocycles. The van der Waals surface area contributed by atoms with Gasteiger partial charge in [0.05, 0.1) is 0 Å². The fourth-order valence-electron chi connectivity index (χ4n) is 1.60. The lowest BCUT2D eigenvalue weighted by atomic mass is 9.80. The van der Waals surface area contributed by atoms with E-state index in [4.69, 9.17) is 14.8 Å². The molecule has 19 heavy (non-hydrogen) atoms. The van der Waals surface area contributed by atoms with Gasteiger partial charge in [0.1, 0.15) is 24.0 Å². The van der Waals surface area contributed by atoms with Gasteiger partial charge in [-0.05, 0) is 23.8 Å². The minimum atomic E-state index is -1.86. The van der Waals surface area contributed by atoms with Crippen molar-refractivity contribution in [3.63, 3.8) is 0 Å². The predicted molar refractivity (Wildman–Crippen MR) is 67.0 cm³/mol. The number of hydrogen-bond acceptors (Lipinski definition) is 3. The molecule has 0 bridgehead atoms. The molecule has 2 aromatic rings. The van der Waals surface area contributed by atoms with Crippen LogP contribution in [0.15, 0.2) is 42.5 Å². The normalized spacial score (nSPS) is 10.3. The predicted octanol–water partition coefficient (Wildman–Crippen LogP) is 1.22. The van der Waals surface area contributed by atoms with Crippen molar-refractivity contribution in [1.29, 1.82) is 0 Å². The van der Waals surface area contributed by atoms with Crippen molar-refractivity contribution in [2.75, 3.05) is 0 Å². The Morgan fingerprint density at radius 3 is 2.47 bits per heavy atom. The molecule has 0 aromatic heterocycles. The lowest BCUT2D eigenvalue weighted by Crippen LogP contribution is -2.32. The van der Waals surface area contributed by atoms with Crippen molar-refractivity contribution in [3.8, 4) is 5.75 Å². The van der Waals surface area contributed by atoms with Crippen LogP contribution in [0.4, 0.5) is 8.78 Å². The number of rotatable bonds is 4. The van der Waals surface area contributed by atoms with Gasteiger partial charge < -0.3 is 14.8 Å². The first-order chi connectivity index (χ1) is 9.06. The van der Waals surface area contributed by atoms with Crippen LogP contribution in [0.2, 0.25) is 0 Å². The van der Waals surface area contributed by atoms with Crippen molar-refractivity contribution in [2.24, 2.45) is 0 Å². The van der Waals surface area contributed by atoms with Crippen LogP contribution in [0.1, 0.15) is 5.56 Å². The Labute approximate surface area is 109 Å². The maximum atomic E-state index is 13.4. The molecule has 0 aliphatic rings. The molecule has 6 heteroatoms. The van der Waals surface area contributed by atoms with Crippen molar-refractivity contribution >= 4 is 12.6 Å². The van der Waals surface area contributed by atoms with Crippen LogP contribution in [0.25, 0.3) is 0 Å². The first-order valence-electron chi connectivity index (χ1n) is 5.59. The SMILES string of the molecule is OB(O)c1ccc(OCc2cccc(F)c2)cc1F. The summed E-state index contributed by atoms with van der Waals surface area (Å²) in [5, 5.41) is 17.7. The topological polar surface area (TPSA) is 49.7 Å². The molecule has 0 fully saturated rings. The van der Waals surface area contributed by atoms with Crippen LogP contribution in [-0.4, -0.2) is 17.2 Å². The molecule has 0 heterocycles. The molecule has 2 rings (SSSR count). The van der Waals surface area contributed by atoms with Crippen LogP contribution in [0.5, 0.6) is 5.75 Å². The summed E-state index contributed by atoms with van der Waals surface area (Å²) in [4.78, 5) is 0. The zero-order valence-electron chi connectivity index (χ0n) is 9.88. The molecule has 2 aromatic carbocycles. The average molecular weight is 264 g/mol. The van der Waals surface area contributed by atoms with Gasteiger partial charge >= 0.3 is 7.12 Å². The van der Waals surface area contributed by atoms with Crippen molar-refractivity contribution in [3.05, 3.63) is 59.7 Å². The van der Waals surface area contributed by atoms with Crippen LogP contribution in [0, 0.1) is 11.6 Å². The van der Waals surface area contributed by atoms with E-state index >= 15 is 0 Å². The zero-order chi connectivity index (χ0) is 13.8. The van der Waals surface area contributed by atoms with Crippen LogP contribution in [0.3, 0.4) is 0 Å². The van der Waals surface area contributed by atoms with Gasteiger partial charge in [0.25, 0.3) is 0 Å². The van der Waals surface area contributed by atoms with Crippen LogP contribution in [-0.2, 0) is 6.61 Å². The molecule has 0 amide bonds. The summed E-state index contributed by atoms with van der Waals surface area (Å²) in [5.74, 6) is -0.913. The van der Waals surface area contributed by atoms with E-state index in [1.54, 1.807) is 12.1 Å². The Kier molecular flexibility index (Phi) is 4.14. The van der Waals surface area contributed by atoms with Gasteiger partial charge in [-0.1, -0.05) is 18.2 Å². The molecular formula is C13H11BF2O3. The number of benzene rings is 2. The standard InChI is InChI=1S/C13H11BF2O3/c15-10-3-1-2-9(6-10)8-19-11-4-5-12(14(17)18)13(16)7-11/h1-7,17-18H,8H2. The highest BCUT2D eigenvalue weighted by molar-refractivity contribution is 6.58. The highest BCUT2D eigenvalue weighted by Gasteiger charge is 2.16. The van der Waals surface area contributed by atoms with Crippen LogP contribution < -0.4 is 10.2 Å². The molecule has 0 aliphatic carbocycles. The summed E-state index contributed by atoms with van der Waals surface area (Å²) in [6, 6.07) is 9.57. The van der Waals surface area contributed by atoms with E-state index in [-0.39, 0.29) is 23.6 Å². The number of halogens is 2. The van der Waals surface area contributed by atoms with Gasteiger partial charge in [0.15, 0.2) is 0 Å². The Hall–Kier alpha value is -1.92. The summed E-state index contributed by atoms with van der Waals surface area (Å²) in [5.41, 5.74) is 0.393. The molecule has 0 unspecified atom stereocenters. The van der Waals surface area contributed by atoms with Gasteiger partial charge in [-0.25, -0.2) is 8.78 Å².